The predicted molar refractivity (Wildman–Crippen MR) is 48.4 cm³/mol. The topological polar surface area (TPSA) is 56.7 Å². The van der Waals surface area contributed by atoms with Crippen molar-refractivity contribution in [2.75, 3.05) is 5.73 Å². The van der Waals surface area contributed by atoms with Crippen molar-refractivity contribution >= 4 is 16.5 Å². The fraction of sp³-hybridized carbons (Fsp3) is 0.143. The first kappa shape index (κ1) is 7.30. The number of rotatable bonds is 1. The molecule has 0 fully saturated rings. The summed E-state index contributed by atoms with van der Waals surface area (Å²) in [5.74, 6) is 0.783. The second-order valence-electron chi connectivity index (χ2n) is 2.51. The standard InChI is InChI=1S/C7H8N4S/c1-5-2-9-11(3-5)6-4-12-7(8)10-6/h2-4H,1H3,(H2,8,10). The molecule has 0 spiro atoms. The minimum absolute atomic E-state index is 0.568. The van der Waals surface area contributed by atoms with Crippen LogP contribution in [0, 0.1) is 6.92 Å². The maximum Gasteiger partial charge on any atom is 0.182 e. The zero-order chi connectivity index (χ0) is 8.55. The van der Waals surface area contributed by atoms with Gasteiger partial charge in [-0.05, 0) is 12.5 Å². The van der Waals surface area contributed by atoms with E-state index in [1.807, 2.05) is 18.5 Å². The van der Waals surface area contributed by atoms with Gasteiger partial charge in [-0.1, -0.05) is 0 Å². The highest BCUT2D eigenvalue weighted by molar-refractivity contribution is 7.13. The van der Waals surface area contributed by atoms with E-state index in [-0.39, 0.29) is 0 Å². The van der Waals surface area contributed by atoms with E-state index in [4.69, 9.17) is 5.73 Å². The van der Waals surface area contributed by atoms with Gasteiger partial charge in [-0.2, -0.15) is 5.10 Å². The minimum Gasteiger partial charge on any atom is -0.375 e. The molecule has 4 nitrogen and oxygen atoms in total. The normalized spacial score (nSPS) is 10.4. The van der Waals surface area contributed by atoms with E-state index in [1.165, 1.54) is 11.3 Å². The summed E-state index contributed by atoms with van der Waals surface area (Å²) in [5.41, 5.74) is 6.60. The first-order valence-electron chi connectivity index (χ1n) is 3.48. The van der Waals surface area contributed by atoms with Crippen LogP contribution in [0.1, 0.15) is 5.56 Å². The summed E-state index contributed by atoms with van der Waals surface area (Å²) < 4.78 is 1.71. The lowest BCUT2D eigenvalue weighted by molar-refractivity contribution is 0.856. The van der Waals surface area contributed by atoms with Crippen molar-refractivity contribution in [1.29, 1.82) is 0 Å². The highest BCUT2D eigenvalue weighted by Gasteiger charge is 2.01. The van der Waals surface area contributed by atoms with Gasteiger partial charge in [0.2, 0.25) is 0 Å². The largest absolute Gasteiger partial charge is 0.375 e. The number of thiazole rings is 1. The molecular formula is C7H8N4S. The van der Waals surface area contributed by atoms with Crippen LogP contribution in [0.3, 0.4) is 0 Å². The van der Waals surface area contributed by atoms with Crippen molar-refractivity contribution in [2.45, 2.75) is 6.92 Å². The SMILES string of the molecule is Cc1cnn(-c2csc(N)n2)c1. The third kappa shape index (κ3) is 1.18. The zero-order valence-electron chi connectivity index (χ0n) is 6.56. The number of aryl methyl sites for hydroxylation is 1. The molecule has 0 saturated heterocycles. The van der Waals surface area contributed by atoms with Crippen molar-refractivity contribution in [3.63, 3.8) is 0 Å². The highest BCUT2D eigenvalue weighted by atomic mass is 32.1. The second-order valence-corrected chi connectivity index (χ2v) is 3.40. The van der Waals surface area contributed by atoms with E-state index >= 15 is 0 Å². The van der Waals surface area contributed by atoms with Gasteiger partial charge >= 0.3 is 0 Å². The number of nitrogens with zero attached hydrogens (tertiary/aromatic N) is 3. The Morgan fingerprint density at radius 2 is 2.42 bits per heavy atom. The van der Waals surface area contributed by atoms with Crippen molar-refractivity contribution in [2.24, 2.45) is 0 Å². The van der Waals surface area contributed by atoms with E-state index in [9.17, 15) is 0 Å². The fourth-order valence-corrected chi connectivity index (χ4v) is 1.46. The number of aromatic nitrogens is 3. The summed E-state index contributed by atoms with van der Waals surface area (Å²) in [4.78, 5) is 4.09. The molecule has 0 aliphatic rings. The molecule has 12 heavy (non-hydrogen) atoms. The van der Waals surface area contributed by atoms with Crippen molar-refractivity contribution in [1.82, 2.24) is 14.8 Å². The molecule has 0 aromatic carbocycles. The quantitative estimate of drug-likeness (QED) is 0.717. The third-order valence-electron chi connectivity index (χ3n) is 1.46. The molecule has 2 N–H and O–H groups in total. The summed E-state index contributed by atoms with van der Waals surface area (Å²) >= 11 is 1.41. The van der Waals surface area contributed by atoms with Gasteiger partial charge in [0.25, 0.3) is 0 Å². The Kier molecular flexibility index (Phi) is 1.58. The summed E-state index contributed by atoms with van der Waals surface area (Å²) in [6.45, 7) is 1.99. The Morgan fingerprint density at radius 3 is 2.92 bits per heavy atom. The molecule has 0 amide bonds. The smallest absolute Gasteiger partial charge is 0.182 e. The van der Waals surface area contributed by atoms with E-state index in [2.05, 4.69) is 10.1 Å². The van der Waals surface area contributed by atoms with E-state index in [1.54, 1.807) is 10.9 Å². The van der Waals surface area contributed by atoms with Gasteiger partial charge in [-0.25, -0.2) is 9.67 Å². The molecule has 2 aromatic rings. The minimum atomic E-state index is 0.568. The van der Waals surface area contributed by atoms with Crippen LogP contribution in [0.4, 0.5) is 5.13 Å². The third-order valence-corrected chi connectivity index (χ3v) is 2.12. The zero-order valence-corrected chi connectivity index (χ0v) is 7.38. The molecule has 0 atom stereocenters. The van der Waals surface area contributed by atoms with Gasteiger partial charge in [0.15, 0.2) is 10.9 Å². The van der Waals surface area contributed by atoms with Crippen LogP contribution in [0.2, 0.25) is 0 Å². The molecule has 0 aliphatic carbocycles. The Labute approximate surface area is 73.7 Å². The molecule has 0 saturated carbocycles. The molecule has 62 valence electrons. The van der Waals surface area contributed by atoms with Gasteiger partial charge in [0.05, 0.1) is 6.20 Å². The second kappa shape index (κ2) is 2.60. The van der Waals surface area contributed by atoms with Crippen LogP contribution >= 0.6 is 11.3 Å². The molecule has 2 heterocycles. The molecule has 2 aromatic heterocycles. The Hall–Kier alpha value is -1.36. The van der Waals surface area contributed by atoms with Crippen molar-refractivity contribution in [3.8, 4) is 5.82 Å². The van der Waals surface area contributed by atoms with Crippen LogP contribution < -0.4 is 5.73 Å². The van der Waals surface area contributed by atoms with E-state index in [0.29, 0.717) is 5.13 Å². The fourth-order valence-electron chi connectivity index (χ4n) is 0.922. The first-order chi connectivity index (χ1) is 5.75. The Balaban J connectivity index is 2.43. The number of hydrogen-bond acceptors (Lipinski definition) is 4. The molecule has 0 aliphatic heterocycles. The van der Waals surface area contributed by atoms with Gasteiger partial charge in [0.1, 0.15) is 0 Å². The summed E-state index contributed by atoms with van der Waals surface area (Å²) in [7, 11) is 0. The molecular weight excluding hydrogens is 172 g/mol. The van der Waals surface area contributed by atoms with Crippen LogP contribution in [-0.2, 0) is 0 Å². The van der Waals surface area contributed by atoms with Gasteiger partial charge in [-0.3, -0.25) is 0 Å². The van der Waals surface area contributed by atoms with Gasteiger partial charge < -0.3 is 5.73 Å². The van der Waals surface area contributed by atoms with Gasteiger partial charge in [-0.15, -0.1) is 11.3 Å². The summed E-state index contributed by atoms with van der Waals surface area (Å²) in [6, 6.07) is 0. The lowest BCUT2D eigenvalue weighted by Crippen LogP contribution is -1.94. The highest BCUT2D eigenvalue weighted by Crippen LogP contribution is 2.14. The molecule has 0 bridgehead atoms. The summed E-state index contributed by atoms with van der Waals surface area (Å²) in [5, 5.41) is 6.55. The van der Waals surface area contributed by atoms with Crippen LogP contribution in [0.5, 0.6) is 0 Å². The van der Waals surface area contributed by atoms with Crippen LogP contribution in [0.25, 0.3) is 5.82 Å². The van der Waals surface area contributed by atoms with E-state index in [0.717, 1.165) is 11.4 Å². The average Bonchev–Trinajstić information content (AvgIpc) is 2.58. The predicted octanol–water partition coefficient (Wildman–Crippen LogP) is 1.22. The first-order valence-corrected chi connectivity index (χ1v) is 4.36. The Morgan fingerprint density at radius 1 is 1.58 bits per heavy atom. The molecule has 2 rings (SSSR count). The lowest BCUT2D eigenvalue weighted by Gasteiger charge is -1.91. The van der Waals surface area contributed by atoms with E-state index < -0.39 is 0 Å². The number of hydrogen-bond donors (Lipinski definition) is 1. The van der Waals surface area contributed by atoms with Crippen LogP contribution in [-0.4, -0.2) is 14.8 Å². The summed E-state index contributed by atoms with van der Waals surface area (Å²) in [6.07, 6.45) is 3.70. The average molecular weight is 180 g/mol. The molecule has 0 radical (unpaired) electrons. The van der Waals surface area contributed by atoms with Gasteiger partial charge in [0, 0.05) is 11.6 Å². The maximum atomic E-state index is 5.49. The lowest BCUT2D eigenvalue weighted by atomic mass is 10.4. The van der Waals surface area contributed by atoms with Crippen molar-refractivity contribution < 1.29 is 0 Å². The van der Waals surface area contributed by atoms with Crippen LogP contribution in [0.15, 0.2) is 17.8 Å². The molecule has 0 unspecified atom stereocenters. The maximum absolute atomic E-state index is 5.49. The number of nitrogen functional groups attached to an aromatic ring is 1. The van der Waals surface area contributed by atoms with Crippen molar-refractivity contribution in [3.05, 3.63) is 23.3 Å². The number of anilines is 1. The molecule has 5 heteroatoms. The number of nitrogens with two attached hydrogens (primary N) is 1. The monoisotopic (exact) mass is 180 g/mol. The Bertz CT molecular complexity index is 351.